The number of benzene rings is 1. The molecule has 0 saturated heterocycles. The molecule has 2 heterocycles. The minimum absolute atomic E-state index is 0.216. The van der Waals surface area contributed by atoms with Crippen LogP contribution in [0.2, 0.25) is 0 Å². The van der Waals surface area contributed by atoms with Gasteiger partial charge in [-0.25, -0.2) is 32.7 Å². The van der Waals surface area contributed by atoms with Crippen LogP contribution in [0.15, 0.2) is 37.4 Å². The number of hydrogen-bond donors (Lipinski definition) is 2. The van der Waals surface area contributed by atoms with E-state index in [1.807, 2.05) is 0 Å². The average Bonchev–Trinajstić information content (AvgIpc) is 3.54. The quantitative estimate of drug-likeness (QED) is 0.112. The Hall–Kier alpha value is -2.05. The standard InChI is InChI=1S/C24H34BrF2N6O4P/c25-11-9-7-5-3-1-2-4-6-8-10-20-12-21(23(27)13-22(20)26)24(37-38(34,35)36,14-32-18-28-16-30-32)15-33-19-29-17-31-33/h12-13,16-19H,1-11,14-15H2,(H2,34,35,36). The van der Waals surface area contributed by atoms with Crippen molar-refractivity contribution in [3.8, 4) is 0 Å². The van der Waals surface area contributed by atoms with Crippen LogP contribution < -0.4 is 0 Å². The molecule has 0 atom stereocenters. The predicted octanol–water partition coefficient (Wildman–Crippen LogP) is 5.30. The lowest BCUT2D eigenvalue weighted by Crippen LogP contribution is -2.40. The van der Waals surface area contributed by atoms with Crippen LogP contribution in [0.5, 0.6) is 0 Å². The molecule has 0 amide bonds. The molecule has 210 valence electrons. The van der Waals surface area contributed by atoms with Crippen molar-refractivity contribution in [3.63, 3.8) is 0 Å². The second-order valence-corrected chi connectivity index (χ2v) is 11.3. The molecule has 14 heteroatoms. The number of phosphoric ester groups is 1. The number of hydrogen-bond acceptors (Lipinski definition) is 6. The van der Waals surface area contributed by atoms with Crippen molar-refractivity contribution < 1.29 is 27.7 Å². The summed E-state index contributed by atoms with van der Waals surface area (Å²) in [4.78, 5) is 27.3. The van der Waals surface area contributed by atoms with Crippen LogP contribution in [0.25, 0.3) is 0 Å². The summed E-state index contributed by atoms with van der Waals surface area (Å²) in [6, 6.07) is 2.02. The Balaban J connectivity index is 1.78. The van der Waals surface area contributed by atoms with E-state index in [0.29, 0.717) is 12.8 Å². The minimum atomic E-state index is -5.17. The van der Waals surface area contributed by atoms with E-state index in [9.17, 15) is 18.7 Å². The van der Waals surface area contributed by atoms with Crippen molar-refractivity contribution in [1.82, 2.24) is 29.5 Å². The van der Waals surface area contributed by atoms with Gasteiger partial charge in [-0.2, -0.15) is 10.2 Å². The van der Waals surface area contributed by atoms with Gasteiger partial charge in [-0.1, -0.05) is 60.9 Å². The highest BCUT2D eigenvalue weighted by Crippen LogP contribution is 2.48. The lowest BCUT2D eigenvalue weighted by atomic mass is 9.90. The number of alkyl halides is 1. The summed E-state index contributed by atoms with van der Waals surface area (Å²) in [7, 11) is -5.17. The summed E-state index contributed by atoms with van der Waals surface area (Å²) in [5.41, 5.74) is -1.97. The highest BCUT2D eigenvalue weighted by molar-refractivity contribution is 9.09. The molecule has 38 heavy (non-hydrogen) atoms. The molecule has 0 aliphatic carbocycles. The molecule has 0 bridgehead atoms. The summed E-state index contributed by atoms with van der Waals surface area (Å²) < 4.78 is 50.0. The average molecular weight is 619 g/mol. The Labute approximate surface area is 229 Å². The Morgan fingerprint density at radius 3 is 1.84 bits per heavy atom. The lowest BCUT2D eigenvalue weighted by molar-refractivity contribution is -0.00832. The SMILES string of the molecule is O=P(O)(O)OC(Cn1cncn1)(Cn1cncn1)c1cc(CCCCCCCCCCCBr)c(F)cc1F. The van der Waals surface area contributed by atoms with Crippen LogP contribution in [-0.4, -0.2) is 44.6 Å². The van der Waals surface area contributed by atoms with E-state index in [4.69, 9.17) is 4.52 Å². The molecule has 1 aromatic carbocycles. The topological polar surface area (TPSA) is 128 Å². The predicted molar refractivity (Wildman–Crippen MR) is 140 cm³/mol. The van der Waals surface area contributed by atoms with Crippen LogP contribution in [-0.2, 0) is 34.2 Å². The number of halogens is 3. The molecule has 2 N–H and O–H groups in total. The maximum Gasteiger partial charge on any atom is 0.470 e. The number of nitrogens with zero attached hydrogens (tertiary/aromatic N) is 6. The summed E-state index contributed by atoms with van der Waals surface area (Å²) in [6.07, 6.45) is 15.2. The fourth-order valence-electron chi connectivity index (χ4n) is 4.49. The van der Waals surface area contributed by atoms with E-state index >= 15 is 4.39 Å². The van der Waals surface area contributed by atoms with Crippen molar-refractivity contribution >= 4 is 23.8 Å². The largest absolute Gasteiger partial charge is 0.470 e. The number of unbranched alkanes of at least 4 members (excludes halogenated alkanes) is 8. The molecule has 0 unspecified atom stereocenters. The smallest absolute Gasteiger partial charge is 0.303 e. The number of aryl methyl sites for hydroxylation is 1. The van der Waals surface area contributed by atoms with Crippen LogP contribution in [0.1, 0.15) is 68.9 Å². The third-order valence-corrected chi connectivity index (χ3v) is 7.42. The summed E-state index contributed by atoms with van der Waals surface area (Å²) >= 11 is 3.44. The molecule has 0 spiro atoms. The zero-order valence-electron chi connectivity index (χ0n) is 21.1. The van der Waals surface area contributed by atoms with Crippen molar-refractivity contribution in [2.24, 2.45) is 0 Å². The summed E-state index contributed by atoms with van der Waals surface area (Å²) in [5.74, 6) is -1.72. The second kappa shape index (κ2) is 14.9. The van der Waals surface area contributed by atoms with Crippen molar-refractivity contribution in [2.45, 2.75) is 82.9 Å². The van der Waals surface area contributed by atoms with E-state index in [1.165, 1.54) is 72.8 Å². The molecule has 3 aromatic rings. The van der Waals surface area contributed by atoms with Gasteiger partial charge < -0.3 is 9.79 Å². The molecule has 3 rings (SSSR count). The number of phosphoric acid groups is 1. The Kier molecular flexibility index (Phi) is 12.0. The molecule has 0 aliphatic rings. The lowest BCUT2D eigenvalue weighted by Gasteiger charge is -2.34. The maximum absolute atomic E-state index is 15.3. The first kappa shape index (κ1) is 30.5. The molecular weight excluding hydrogens is 585 g/mol. The minimum Gasteiger partial charge on any atom is -0.303 e. The number of aromatic nitrogens is 6. The van der Waals surface area contributed by atoms with Crippen molar-refractivity contribution in [3.05, 3.63) is 60.2 Å². The van der Waals surface area contributed by atoms with E-state index in [1.54, 1.807) is 0 Å². The van der Waals surface area contributed by atoms with Gasteiger partial charge in [-0.3, -0.25) is 4.52 Å². The third-order valence-electron chi connectivity index (χ3n) is 6.27. The molecule has 0 aliphatic heterocycles. The summed E-state index contributed by atoms with van der Waals surface area (Å²) in [6.45, 7) is -0.648. The van der Waals surface area contributed by atoms with Gasteiger partial charge in [-0.05, 0) is 30.9 Å². The van der Waals surface area contributed by atoms with Gasteiger partial charge >= 0.3 is 7.82 Å². The first-order chi connectivity index (χ1) is 18.2. The molecule has 0 radical (unpaired) electrons. The van der Waals surface area contributed by atoms with Gasteiger partial charge in [0.15, 0.2) is 0 Å². The van der Waals surface area contributed by atoms with Gasteiger partial charge in [0.2, 0.25) is 0 Å². The molecule has 0 saturated carbocycles. The zero-order valence-corrected chi connectivity index (χ0v) is 23.6. The Bertz CT molecular complexity index is 1110. The fraction of sp³-hybridized carbons (Fsp3) is 0.583. The third kappa shape index (κ3) is 9.60. The highest BCUT2D eigenvalue weighted by atomic mass is 79.9. The second-order valence-electron chi connectivity index (χ2n) is 9.31. The van der Waals surface area contributed by atoms with Crippen LogP contribution >= 0.6 is 23.8 Å². The van der Waals surface area contributed by atoms with E-state index in [0.717, 1.165) is 30.7 Å². The first-order valence-corrected chi connectivity index (χ1v) is 15.3. The molecule has 2 aromatic heterocycles. The van der Waals surface area contributed by atoms with Crippen LogP contribution in [0.3, 0.4) is 0 Å². The van der Waals surface area contributed by atoms with Crippen LogP contribution in [0, 0.1) is 11.6 Å². The maximum atomic E-state index is 15.3. The van der Waals surface area contributed by atoms with Gasteiger partial charge in [0.05, 0.1) is 13.1 Å². The van der Waals surface area contributed by atoms with E-state index in [-0.39, 0.29) is 24.2 Å². The molecule has 0 fully saturated rings. The summed E-state index contributed by atoms with van der Waals surface area (Å²) in [5, 5.41) is 9.02. The monoisotopic (exact) mass is 618 g/mol. The zero-order chi connectivity index (χ0) is 27.4. The van der Waals surface area contributed by atoms with Gasteiger partial charge in [0, 0.05) is 17.0 Å². The fourth-order valence-corrected chi connectivity index (χ4v) is 5.55. The van der Waals surface area contributed by atoms with E-state index < -0.39 is 25.1 Å². The van der Waals surface area contributed by atoms with Gasteiger partial charge in [0.25, 0.3) is 0 Å². The molecule has 10 nitrogen and oxygen atoms in total. The van der Waals surface area contributed by atoms with Gasteiger partial charge in [0.1, 0.15) is 42.5 Å². The normalized spacial score (nSPS) is 12.3. The highest BCUT2D eigenvalue weighted by Gasteiger charge is 2.44. The Morgan fingerprint density at radius 2 is 1.37 bits per heavy atom. The van der Waals surface area contributed by atoms with Crippen LogP contribution in [0.4, 0.5) is 8.78 Å². The first-order valence-electron chi connectivity index (χ1n) is 12.7. The van der Waals surface area contributed by atoms with Gasteiger partial charge in [-0.15, -0.1) is 0 Å². The van der Waals surface area contributed by atoms with E-state index in [2.05, 4.69) is 36.1 Å². The molecular formula is C24H34BrF2N6O4P. The van der Waals surface area contributed by atoms with Crippen molar-refractivity contribution in [2.75, 3.05) is 5.33 Å². The van der Waals surface area contributed by atoms with Crippen molar-refractivity contribution in [1.29, 1.82) is 0 Å². The number of rotatable bonds is 18. The Morgan fingerprint density at radius 1 is 0.842 bits per heavy atom.